The van der Waals surface area contributed by atoms with Gasteiger partial charge in [-0.3, -0.25) is 9.48 Å². The SMILES string of the molecule is Cc1c2c(nn1C)C(=O)N(C)CCOc1ccc(F)cc1[C@H]1CCCN1c1cc-2nnc1N. The molecule has 0 unspecified atom stereocenters. The maximum Gasteiger partial charge on any atom is 0.274 e. The van der Waals surface area contributed by atoms with Crippen LogP contribution in [0.4, 0.5) is 15.9 Å². The number of nitrogens with two attached hydrogens (primary N) is 1. The Morgan fingerprint density at radius 1 is 1.18 bits per heavy atom. The Morgan fingerprint density at radius 3 is 2.82 bits per heavy atom. The van der Waals surface area contributed by atoms with E-state index in [0.29, 0.717) is 34.9 Å². The smallest absolute Gasteiger partial charge is 0.274 e. The molecule has 5 rings (SSSR count). The number of nitrogen functional groups attached to an aromatic ring is 1. The van der Waals surface area contributed by atoms with Crippen LogP contribution < -0.4 is 15.4 Å². The first-order chi connectivity index (χ1) is 15.8. The van der Waals surface area contributed by atoms with Crippen molar-refractivity contribution in [2.75, 3.05) is 37.4 Å². The van der Waals surface area contributed by atoms with Gasteiger partial charge >= 0.3 is 0 Å². The fourth-order valence-corrected chi connectivity index (χ4v) is 4.67. The predicted molar refractivity (Wildman–Crippen MR) is 122 cm³/mol. The Bertz CT molecular complexity index is 1240. The predicted octanol–water partition coefficient (Wildman–Crippen LogP) is 2.71. The molecule has 10 heteroatoms. The Hall–Kier alpha value is -3.69. The number of hydrogen-bond acceptors (Lipinski definition) is 7. The van der Waals surface area contributed by atoms with Crippen molar-refractivity contribution in [3.05, 3.63) is 47.0 Å². The third-order valence-electron chi connectivity index (χ3n) is 6.52. The van der Waals surface area contributed by atoms with Crippen LogP contribution in [0.1, 0.15) is 40.6 Å². The highest BCUT2D eigenvalue weighted by Gasteiger charge is 2.32. The number of rotatable bonds is 0. The summed E-state index contributed by atoms with van der Waals surface area (Å²) < 4.78 is 22.0. The fourth-order valence-electron chi connectivity index (χ4n) is 4.67. The summed E-state index contributed by atoms with van der Waals surface area (Å²) >= 11 is 0. The molecule has 2 aliphatic rings. The van der Waals surface area contributed by atoms with Crippen LogP contribution in [-0.2, 0) is 7.05 Å². The van der Waals surface area contributed by atoms with Crippen molar-refractivity contribution < 1.29 is 13.9 Å². The number of anilines is 2. The minimum Gasteiger partial charge on any atom is -0.491 e. The molecule has 2 N–H and O–H groups in total. The molecule has 2 bridgehead atoms. The number of nitrogens with zero attached hydrogens (tertiary/aromatic N) is 6. The van der Waals surface area contributed by atoms with E-state index in [9.17, 15) is 9.18 Å². The van der Waals surface area contributed by atoms with Crippen LogP contribution >= 0.6 is 0 Å². The van der Waals surface area contributed by atoms with Gasteiger partial charge < -0.3 is 20.3 Å². The number of carbonyl (C=O) groups is 1. The Balaban J connectivity index is 1.72. The third kappa shape index (κ3) is 3.55. The molecule has 0 aliphatic carbocycles. The van der Waals surface area contributed by atoms with Gasteiger partial charge in [0.15, 0.2) is 11.5 Å². The van der Waals surface area contributed by atoms with Gasteiger partial charge in [0.2, 0.25) is 0 Å². The summed E-state index contributed by atoms with van der Waals surface area (Å²) in [6.45, 7) is 3.23. The van der Waals surface area contributed by atoms with Crippen molar-refractivity contribution in [1.82, 2.24) is 24.9 Å². The van der Waals surface area contributed by atoms with Gasteiger partial charge in [-0.05, 0) is 44.0 Å². The molecular weight excluding hydrogens is 425 g/mol. The normalized spacial score (nSPS) is 18.3. The van der Waals surface area contributed by atoms with E-state index in [0.717, 1.165) is 30.6 Å². The van der Waals surface area contributed by atoms with Crippen LogP contribution in [0.2, 0.25) is 0 Å². The standard InChI is InChI=1S/C23H26FN7O2/c1-13-20-16-12-18(22(25)27-26-16)31-8-4-5-17(31)15-11-14(24)6-7-19(15)33-10-9-29(2)23(32)21(20)28-30(13)3/h6-7,11-12,17H,4-5,8-10H2,1-3H3,(H2,25,27)/t17-/m1/s1. The zero-order valence-corrected chi connectivity index (χ0v) is 18.9. The molecular formula is C23H26FN7O2. The zero-order valence-electron chi connectivity index (χ0n) is 18.9. The number of halogens is 1. The molecule has 2 aliphatic heterocycles. The number of benzene rings is 1. The first kappa shape index (κ1) is 21.2. The maximum absolute atomic E-state index is 14.3. The molecule has 4 heterocycles. The molecule has 1 atom stereocenters. The largest absolute Gasteiger partial charge is 0.491 e. The average molecular weight is 452 g/mol. The molecule has 1 aromatic carbocycles. The lowest BCUT2D eigenvalue weighted by molar-refractivity contribution is 0.0767. The summed E-state index contributed by atoms with van der Waals surface area (Å²) in [6, 6.07) is 6.29. The second-order valence-electron chi connectivity index (χ2n) is 8.54. The van der Waals surface area contributed by atoms with Gasteiger partial charge in [-0.15, -0.1) is 10.2 Å². The van der Waals surface area contributed by atoms with Gasteiger partial charge in [-0.1, -0.05) is 0 Å². The van der Waals surface area contributed by atoms with Crippen LogP contribution in [0.5, 0.6) is 5.75 Å². The van der Waals surface area contributed by atoms with Crippen molar-refractivity contribution in [2.24, 2.45) is 7.05 Å². The maximum atomic E-state index is 14.3. The lowest BCUT2D eigenvalue weighted by atomic mass is 10.0. The van der Waals surface area contributed by atoms with Crippen LogP contribution in [-0.4, -0.2) is 57.5 Å². The number of carbonyl (C=O) groups excluding carboxylic acids is 1. The number of ether oxygens (including phenoxy) is 1. The average Bonchev–Trinajstić information content (AvgIpc) is 3.39. The highest BCUT2D eigenvalue weighted by molar-refractivity contribution is 5.99. The van der Waals surface area contributed by atoms with Crippen molar-refractivity contribution in [1.29, 1.82) is 0 Å². The summed E-state index contributed by atoms with van der Waals surface area (Å²) in [4.78, 5) is 17.0. The molecule has 1 amide bonds. The van der Waals surface area contributed by atoms with Crippen molar-refractivity contribution in [3.63, 3.8) is 0 Å². The fraction of sp³-hybridized carbons (Fsp3) is 0.391. The van der Waals surface area contributed by atoms with Crippen molar-refractivity contribution in [2.45, 2.75) is 25.8 Å². The molecule has 0 saturated carbocycles. The Labute approximate surface area is 190 Å². The molecule has 1 fully saturated rings. The van der Waals surface area contributed by atoms with Gasteiger partial charge in [0.25, 0.3) is 5.91 Å². The summed E-state index contributed by atoms with van der Waals surface area (Å²) in [6.07, 6.45) is 1.74. The van der Waals surface area contributed by atoms with Crippen LogP contribution in [0, 0.1) is 12.7 Å². The molecule has 0 radical (unpaired) electrons. The number of likely N-dealkylation sites (N-methyl/N-ethyl adjacent to an activating group) is 1. The Morgan fingerprint density at radius 2 is 2.00 bits per heavy atom. The molecule has 3 aromatic rings. The topological polar surface area (TPSA) is 102 Å². The molecule has 1 saturated heterocycles. The van der Waals surface area contributed by atoms with Crippen LogP contribution in [0.3, 0.4) is 0 Å². The molecule has 0 spiro atoms. The minimum atomic E-state index is -0.324. The summed E-state index contributed by atoms with van der Waals surface area (Å²) in [7, 11) is 3.50. The number of fused-ring (bicyclic) bond motifs is 8. The van der Waals surface area contributed by atoms with Crippen LogP contribution in [0.25, 0.3) is 11.3 Å². The van der Waals surface area contributed by atoms with Crippen LogP contribution in [0.15, 0.2) is 24.3 Å². The van der Waals surface area contributed by atoms with E-state index < -0.39 is 0 Å². The van der Waals surface area contributed by atoms with E-state index in [4.69, 9.17) is 10.5 Å². The van der Waals surface area contributed by atoms with E-state index in [1.54, 1.807) is 29.7 Å². The lowest BCUT2D eigenvalue weighted by Crippen LogP contribution is -2.32. The molecule has 172 valence electrons. The van der Waals surface area contributed by atoms with E-state index in [1.807, 2.05) is 13.0 Å². The van der Waals surface area contributed by atoms with Crippen molar-refractivity contribution in [3.8, 4) is 17.0 Å². The number of aryl methyl sites for hydroxylation is 1. The van der Waals surface area contributed by atoms with Crippen molar-refractivity contribution >= 4 is 17.4 Å². The molecule has 9 nitrogen and oxygen atoms in total. The van der Waals surface area contributed by atoms with E-state index in [1.165, 1.54) is 12.1 Å². The summed E-state index contributed by atoms with van der Waals surface area (Å²) in [5, 5.41) is 13.0. The third-order valence-corrected chi connectivity index (χ3v) is 6.52. The highest BCUT2D eigenvalue weighted by atomic mass is 19.1. The first-order valence-corrected chi connectivity index (χ1v) is 11.0. The van der Waals surface area contributed by atoms with E-state index in [-0.39, 0.29) is 30.2 Å². The molecule has 2 aromatic heterocycles. The van der Waals surface area contributed by atoms with Gasteiger partial charge in [-0.25, -0.2) is 4.39 Å². The summed E-state index contributed by atoms with van der Waals surface area (Å²) in [5.74, 6) is 0.312. The number of amides is 1. The Kier molecular flexibility index (Phi) is 5.15. The van der Waals surface area contributed by atoms with Gasteiger partial charge in [0.1, 0.15) is 18.2 Å². The highest BCUT2D eigenvalue weighted by Crippen LogP contribution is 2.43. The second kappa shape index (κ2) is 8.02. The van der Waals surface area contributed by atoms with Gasteiger partial charge in [-0.2, -0.15) is 5.10 Å². The number of aromatic nitrogens is 4. The quantitative estimate of drug-likeness (QED) is 0.561. The van der Waals surface area contributed by atoms with E-state index >= 15 is 0 Å². The molecule has 33 heavy (non-hydrogen) atoms. The zero-order chi connectivity index (χ0) is 23.3. The van der Waals surface area contributed by atoms with E-state index in [2.05, 4.69) is 20.2 Å². The van der Waals surface area contributed by atoms with Gasteiger partial charge in [0.05, 0.1) is 29.5 Å². The monoisotopic (exact) mass is 451 g/mol. The summed E-state index contributed by atoms with van der Waals surface area (Å²) in [5.41, 5.74) is 9.99. The van der Waals surface area contributed by atoms with Gasteiger partial charge in [0, 0.05) is 31.9 Å². The second-order valence-corrected chi connectivity index (χ2v) is 8.54. The minimum absolute atomic E-state index is 0.119. The first-order valence-electron chi connectivity index (χ1n) is 11.0. The lowest BCUT2D eigenvalue weighted by Gasteiger charge is -2.29. The number of hydrogen-bond donors (Lipinski definition) is 1.